The van der Waals surface area contributed by atoms with Crippen molar-refractivity contribution < 1.29 is 0 Å². The van der Waals surface area contributed by atoms with Crippen LogP contribution in [0.2, 0.25) is 0 Å². The maximum atomic E-state index is 12.7. The Morgan fingerprint density at radius 3 is 2.96 bits per heavy atom. The van der Waals surface area contributed by atoms with Gasteiger partial charge in [0.05, 0.1) is 6.54 Å². The van der Waals surface area contributed by atoms with Crippen LogP contribution in [0, 0.1) is 0 Å². The van der Waals surface area contributed by atoms with Gasteiger partial charge in [0.15, 0.2) is 22.4 Å². The second-order valence-electron chi connectivity index (χ2n) is 4.74. The standard InChI is InChI=1S/C15H16N6OS2/c1-4-8-20-14(22)10-9-16-15(23-2)18-13(10)21(20)12-7-5-6-11(17-12)19-24-3/h4-7,9,24H,1,8H2,2-3H3. The third-order valence-electron chi connectivity index (χ3n) is 3.28. The van der Waals surface area contributed by atoms with Crippen LogP contribution in [0.25, 0.3) is 16.9 Å². The molecule has 0 atom stereocenters. The first-order valence-electron chi connectivity index (χ1n) is 7.10. The second-order valence-corrected chi connectivity index (χ2v) is 6.11. The molecule has 0 fully saturated rings. The van der Waals surface area contributed by atoms with Crippen LogP contribution >= 0.6 is 11.8 Å². The Bertz CT molecular complexity index is 991. The Morgan fingerprint density at radius 2 is 2.25 bits per heavy atom. The molecule has 7 nitrogen and oxygen atoms in total. The lowest BCUT2D eigenvalue weighted by molar-refractivity contribution is 0.596. The zero-order valence-corrected chi connectivity index (χ0v) is 15.0. The molecule has 3 rings (SSSR count). The first-order chi connectivity index (χ1) is 11.7. The molecule has 0 aliphatic rings. The molecule has 3 heterocycles. The summed E-state index contributed by atoms with van der Waals surface area (Å²) in [6, 6.07) is 5.51. The van der Waals surface area contributed by atoms with E-state index >= 15 is 0 Å². The quantitative estimate of drug-likeness (QED) is 0.326. The smallest absolute Gasteiger partial charge is 0.267 e. The molecule has 124 valence electrons. The summed E-state index contributed by atoms with van der Waals surface area (Å²) in [5.74, 6) is 1.19. The van der Waals surface area contributed by atoms with Gasteiger partial charge in [0.1, 0.15) is 5.39 Å². The average Bonchev–Trinajstić information content (AvgIpc) is 2.87. The van der Waals surface area contributed by atoms with Gasteiger partial charge in [-0.1, -0.05) is 23.9 Å². The molecular formula is C15H16N6OS2. The van der Waals surface area contributed by atoms with Gasteiger partial charge in [0, 0.05) is 6.20 Å². The van der Waals surface area contributed by atoms with Crippen LogP contribution in [-0.4, -0.2) is 36.8 Å². The Balaban J connectivity index is 2.35. The number of allylic oxidation sites excluding steroid dienone is 1. The molecule has 0 saturated heterocycles. The number of aromatic nitrogens is 5. The fourth-order valence-electron chi connectivity index (χ4n) is 2.32. The fraction of sp³-hybridized carbons (Fsp3) is 0.200. The summed E-state index contributed by atoms with van der Waals surface area (Å²) >= 11 is 2.29. The van der Waals surface area contributed by atoms with E-state index in [0.29, 0.717) is 34.4 Å². The minimum atomic E-state index is -0.171. The van der Waals surface area contributed by atoms with Crippen molar-refractivity contribution in [3.05, 3.63) is 47.4 Å². The number of hydrogen-bond acceptors (Lipinski definition) is 6. The van der Waals surface area contributed by atoms with Crippen LogP contribution in [0.5, 0.6) is 0 Å². The molecule has 0 amide bonds. The molecule has 24 heavy (non-hydrogen) atoms. The molecule has 0 aromatic carbocycles. The first-order valence-corrected chi connectivity index (χ1v) is 9.62. The van der Waals surface area contributed by atoms with Crippen molar-refractivity contribution in [2.45, 2.75) is 11.7 Å². The molecule has 0 spiro atoms. The van der Waals surface area contributed by atoms with Gasteiger partial charge in [-0.25, -0.2) is 28.7 Å². The lowest BCUT2D eigenvalue weighted by Crippen LogP contribution is -2.22. The van der Waals surface area contributed by atoms with Gasteiger partial charge in [0.2, 0.25) is 0 Å². The summed E-state index contributed by atoms with van der Waals surface area (Å²) in [4.78, 5) is 25.9. The number of pyridine rings is 1. The van der Waals surface area contributed by atoms with E-state index in [1.807, 2.05) is 30.7 Å². The minimum Gasteiger partial charge on any atom is -0.267 e. The van der Waals surface area contributed by atoms with Crippen LogP contribution in [-0.2, 0) is 18.1 Å². The van der Waals surface area contributed by atoms with E-state index in [0.717, 1.165) is 11.6 Å². The van der Waals surface area contributed by atoms with Crippen molar-refractivity contribution in [1.29, 1.82) is 0 Å². The highest BCUT2D eigenvalue weighted by Gasteiger charge is 2.17. The number of hydrogen-bond donors (Lipinski definition) is 1. The zero-order chi connectivity index (χ0) is 17.1. The van der Waals surface area contributed by atoms with Crippen molar-refractivity contribution >= 4 is 40.2 Å². The Kier molecular flexibility index (Phi) is 4.91. The van der Waals surface area contributed by atoms with E-state index in [1.165, 1.54) is 11.8 Å². The van der Waals surface area contributed by atoms with Crippen molar-refractivity contribution in [2.24, 2.45) is 4.36 Å². The Labute approximate surface area is 146 Å². The van der Waals surface area contributed by atoms with Gasteiger partial charge in [-0.3, -0.25) is 4.79 Å². The number of fused-ring (bicyclic) bond motifs is 1. The topological polar surface area (TPSA) is 78.0 Å². The van der Waals surface area contributed by atoms with Crippen molar-refractivity contribution in [3.8, 4) is 5.82 Å². The van der Waals surface area contributed by atoms with Crippen LogP contribution in [0.3, 0.4) is 0 Å². The highest BCUT2D eigenvalue weighted by atomic mass is 32.2. The van der Waals surface area contributed by atoms with Crippen molar-refractivity contribution in [1.82, 2.24) is 24.3 Å². The Hall–Kier alpha value is -2.26. The fourth-order valence-corrected chi connectivity index (χ4v) is 2.97. The maximum absolute atomic E-state index is 12.7. The van der Waals surface area contributed by atoms with Gasteiger partial charge in [-0.05, 0) is 24.6 Å². The van der Waals surface area contributed by atoms with E-state index in [9.17, 15) is 4.79 Å². The van der Waals surface area contributed by atoms with Gasteiger partial charge in [-0.2, -0.15) is 0 Å². The van der Waals surface area contributed by atoms with Crippen LogP contribution in [0.15, 0.2) is 51.4 Å². The molecule has 0 bridgehead atoms. The number of nitrogens with zero attached hydrogens (tertiary/aromatic N) is 6. The lowest BCUT2D eigenvalue weighted by Gasteiger charge is -2.10. The molecule has 3 aromatic rings. The van der Waals surface area contributed by atoms with E-state index in [2.05, 4.69) is 25.9 Å². The molecule has 0 aliphatic carbocycles. The van der Waals surface area contributed by atoms with Crippen LogP contribution < -0.4 is 5.56 Å². The monoisotopic (exact) mass is 360 g/mol. The third-order valence-corrected chi connectivity index (χ3v) is 4.24. The minimum absolute atomic E-state index is 0.171. The molecule has 0 N–H and O–H groups in total. The predicted molar refractivity (Wildman–Crippen MR) is 99.7 cm³/mol. The summed E-state index contributed by atoms with van der Waals surface area (Å²) < 4.78 is 7.54. The summed E-state index contributed by atoms with van der Waals surface area (Å²) in [6.45, 7) is 4.08. The highest BCUT2D eigenvalue weighted by molar-refractivity contribution is 7.98. The van der Waals surface area contributed by atoms with Gasteiger partial charge < -0.3 is 0 Å². The van der Waals surface area contributed by atoms with E-state index in [4.69, 9.17) is 0 Å². The maximum Gasteiger partial charge on any atom is 0.278 e. The van der Waals surface area contributed by atoms with Gasteiger partial charge >= 0.3 is 0 Å². The largest absolute Gasteiger partial charge is 0.278 e. The second kappa shape index (κ2) is 7.10. The molecule has 3 aromatic heterocycles. The zero-order valence-electron chi connectivity index (χ0n) is 13.2. The summed E-state index contributed by atoms with van der Waals surface area (Å²) in [6.07, 6.45) is 7.04. The molecule has 9 heteroatoms. The summed E-state index contributed by atoms with van der Waals surface area (Å²) in [5.41, 5.74) is 0.357. The van der Waals surface area contributed by atoms with E-state index < -0.39 is 0 Å². The summed E-state index contributed by atoms with van der Waals surface area (Å²) in [5, 5.41) is 1.05. The third kappa shape index (κ3) is 2.92. The number of thiol groups is 1. The highest BCUT2D eigenvalue weighted by Crippen LogP contribution is 2.19. The first kappa shape index (κ1) is 16.6. The molecule has 0 unspecified atom stereocenters. The van der Waals surface area contributed by atoms with Crippen molar-refractivity contribution in [2.75, 3.05) is 12.5 Å². The van der Waals surface area contributed by atoms with E-state index in [-0.39, 0.29) is 5.56 Å². The molecule has 0 radical (unpaired) electrons. The van der Waals surface area contributed by atoms with E-state index in [1.54, 1.807) is 21.6 Å². The van der Waals surface area contributed by atoms with Crippen molar-refractivity contribution in [3.63, 3.8) is 0 Å². The van der Waals surface area contributed by atoms with Crippen LogP contribution in [0.1, 0.15) is 0 Å². The van der Waals surface area contributed by atoms with Gasteiger partial charge in [0.25, 0.3) is 5.56 Å². The molecule has 0 saturated carbocycles. The predicted octanol–water partition coefficient (Wildman–Crippen LogP) is 2.14. The molecule has 0 aliphatic heterocycles. The summed E-state index contributed by atoms with van der Waals surface area (Å²) in [7, 11) is 0. The number of rotatable bonds is 5. The SMILES string of the molecule is C=CCn1c(=O)c2cnc(SC)nc2n1-c1cccc(/N=[SH]\C)n1. The molecular weight excluding hydrogens is 344 g/mol. The normalized spacial score (nSPS) is 11.8. The Morgan fingerprint density at radius 1 is 1.42 bits per heavy atom. The van der Waals surface area contributed by atoms with Crippen LogP contribution in [0.4, 0.5) is 5.82 Å². The average molecular weight is 360 g/mol. The lowest BCUT2D eigenvalue weighted by atomic mass is 10.4. The van der Waals surface area contributed by atoms with Gasteiger partial charge in [-0.15, -0.1) is 18.1 Å². The number of thioether (sulfide) groups is 1.